The first kappa shape index (κ1) is 10.7. The molecule has 14 heavy (non-hydrogen) atoms. The van der Waals surface area contributed by atoms with E-state index < -0.39 is 12.1 Å². The molecule has 0 fully saturated rings. The molecule has 0 aromatic heterocycles. The normalized spacial score (nSPS) is 12.5. The molecule has 0 amide bonds. The number of carbonyl (C=O) groups is 1. The van der Waals surface area contributed by atoms with Gasteiger partial charge in [0.15, 0.2) is 0 Å². The summed E-state index contributed by atoms with van der Waals surface area (Å²) in [5.74, 6) is -1.45. The van der Waals surface area contributed by atoms with E-state index in [2.05, 4.69) is 0 Å². The van der Waals surface area contributed by atoms with Crippen molar-refractivity contribution in [2.75, 3.05) is 0 Å². The Labute approximate surface area is 80.8 Å². The SMILES string of the molecule is Cc1cc(C(O)CC(=O)O)ccc1F. The third-order valence-electron chi connectivity index (χ3n) is 1.93. The number of halogens is 1. The van der Waals surface area contributed by atoms with E-state index in [0.29, 0.717) is 11.1 Å². The molecule has 4 heteroatoms. The molecule has 0 spiro atoms. The van der Waals surface area contributed by atoms with Crippen LogP contribution in [0.4, 0.5) is 4.39 Å². The van der Waals surface area contributed by atoms with E-state index in [4.69, 9.17) is 5.11 Å². The minimum Gasteiger partial charge on any atom is -0.481 e. The van der Waals surface area contributed by atoms with Gasteiger partial charge >= 0.3 is 5.97 Å². The number of aryl methyl sites for hydroxylation is 1. The molecule has 0 radical (unpaired) electrons. The first-order valence-corrected chi connectivity index (χ1v) is 4.16. The highest BCUT2D eigenvalue weighted by Gasteiger charge is 2.12. The molecule has 76 valence electrons. The predicted molar refractivity (Wildman–Crippen MR) is 48.3 cm³/mol. The largest absolute Gasteiger partial charge is 0.481 e. The fourth-order valence-corrected chi connectivity index (χ4v) is 1.16. The second-order valence-electron chi connectivity index (χ2n) is 3.12. The average Bonchev–Trinajstić information content (AvgIpc) is 2.08. The van der Waals surface area contributed by atoms with Crippen LogP contribution in [0.1, 0.15) is 23.7 Å². The summed E-state index contributed by atoms with van der Waals surface area (Å²) in [5.41, 5.74) is 0.818. The molecule has 0 bridgehead atoms. The minimum atomic E-state index is -1.08. The van der Waals surface area contributed by atoms with Crippen molar-refractivity contribution in [3.63, 3.8) is 0 Å². The average molecular weight is 198 g/mol. The first-order valence-electron chi connectivity index (χ1n) is 4.16. The van der Waals surface area contributed by atoms with Crippen molar-refractivity contribution in [1.29, 1.82) is 0 Å². The quantitative estimate of drug-likeness (QED) is 0.776. The fourth-order valence-electron chi connectivity index (χ4n) is 1.16. The Morgan fingerprint density at radius 1 is 1.57 bits per heavy atom. The van der Waals surface area contributed by atoms with Crippen LogP contribution in [0.5, 0.6) is 0 Å². The summed E-state index contributed by atoms with van der Waals surface area (Å²) in [5, 5.41) is 17.8. The molecular weight excluding hydrogens is 187 g/mol. The van der Waals surface area contributed by atoms with Gasteiger partial charge in [-0.2, -0.15) is 0 Å². The van der Waals surface area contributed by atoms with Gasteiger partial charge in [0.1, 0.15) is 5.82 Å². The number of benzene rings is 1. The number of carboxylic acid groups (broad SMARTS) is 1. The zero-order chi connectivity index (χ0) is 10.7. The number of hydrogen-bond donors (Lipinski definition) is 2. The number of aliphatic hydroxyl groups is 1. The third kappa shape index (κ3) is 2.53. The Morgan fingerprint density at radius 3 is 2.71 bits per heavy atom. The summed E-state index contributed by atoms with van der Waals surface area (Å²) in [6.45, 7) is 1.56. The van der Waals surface area contributed by atoms with E-state index in [1.165, 1.54) is 18.2 Å². The van der Waals surface area contributed by atoms with Crippen molar-refractivity contribution in [2.24, 2.45) is 0 Å². The highest BCUT2D eigenvalue weighted by Crippen LogP contribution is 2.19. The maximum absolute atomic E-state index is 12.8. The van der Waals surface area contributed by atoms with E-state index in [-0.39, 0.29) is 12.2 Å². The maximum Gasteiger partial charge on any atom is 0.306 e. The van der Waals surface area contributed by atoms with Gasteiger partial charge in [0.05, 0.1) is 12.5 Å². The summed E-state index contributed by atoms with van der Waals surface area (Å²) in [6, 6.07) is 4.05. The lowest BCUT2D eigenvalue weighted by molar-refractivity contribution is -0.139. The highest BCUT2D eigenvalue weighted by atomic mass is 19.1. The zero-order valence-corrected chi connectivity index (χ0v) is 7.70. The van der Waals surface area contributed by atoms with Crippen LogP contribution < -0.4 is 0 Å². The zero-order valence-electron chi connectivity index (χ0n) is 7.70. The van der Waals surface area contributed by atoms with Crippen molar-refractivity contribution in [3.05, 3.63) is 35.1 Å². The van der Waals surface area contributed by atoms with Gasteiger partial charge < -0.3 is 10.2 Å². The molecule has 2 N–H and O–H groups in total. The van der Waals surface area contributed by atoms with Crippen molar-refractivity contribution in [1.82, 2.24) is 0 Å². The third-order valence-corrected chi connectivity index (χ3v) is 1.93. The number of aliphatic carboxylic acids is 1. The van der Waals surface area contributed by atoms with Gasteiger partial charge in [0.2, 0.25) is 0 Å². The van der Waals surface area contributed by atoms with Crippen molar-refractivity contribution in [2.45, 2.75) is 19.4 Å². The summed E-state index contributed by atoms with van der Waals surface area (Å²) in [6.07, 6.45) is -1.45. The van der Waals surface area contributed by atoms with Gasteiger partial charge in [-0.05, 0) is 24.1 Å². The highest BCUT2D eigenvalue weighted by molar-refractivity contribution is 5.67. The Bertz CT molecular complexity index is 349. The van der Waals surface area contributed by atoms with Crippen LogP contribution in [0, 0.1) is 12.7 Å². The monoisotopic (exact) mass is 198 g/mol. The standard InChI is InChI=1S/C10H11FO3/c1-6-4-7(2-3-8(6)11)9(12)5-10(13)14/h2-4,9,12H,5H2,1H3,(H,13,14). The van der Waals surface area contributed by atoms with E-state index in [1.54, 1.807) is 6.92 Å². The number of carboxylic acids is 1. The molecule has 0 heterocycles. The molecule has 0 saturated heterocycles. The lowest BCUT2D eigenvalue weighted by Gasteiger charge is -2.09. The van der Waals surface area contributed by atoms with Crippen LogP contribution in [0.25, 0.3) is 0 Å². The molecule has 1 unspecified atom stereocenters. The topological polar surface area (TPSA) is 57.5 Å². The van der Waals surface area contributed by atoms with Crippen LogP contribution in [0.15, 0.2) is 18.2 Å². The molecule has 0 aliphatic carbocycles. The van der Waals surface area contributed by atoms with Crippen LogP contribution in [-0.2, 0) is 4.79 Å². The summed E-state index contributed by atoms with van der Waals surface area (Å²) in [4.78, 5) is 10.3. The fraction of sp³-hybridized carbons (Fsp3) is 0.300. The van der Waals surface area contributed by atoms with Crippen molar-refractivity contribution < 1.29 is 19.4 Å². The second kappa shape index (κ2) is 4.19. The second-order valence-corrected chi connectivity index (χ2v) is 3.12. The van der Waals surface area contributed by atoms with Crippen molar-refractivity contribution >= 4 is 5.97 Å². The Balaban J connectivity index is 2.85. The van der Waals surface area contributed by atoms with Crippen LogP contribution >= 0.6 is 0 Å². The lowest BCUT2D eigenvalue weighted by atomic mass is 10.0. The van der Waals surface area contributed by atoms with E-state index >= 15 is 0 Å². The molecular formula is C10H11FO3. The van der Waals surface area contributed by atoms with E-state index in [9.17, 15) is 14.3 Å². The first-order chi connectivity index (χ1) is 6.50. The van der Waals surface area contributed by atoms with Gasteiger partial charge in [0.25, 0.3) is 0 Å². The molecule has 1 aromatic carbocycles. The van der Waals surface area contributed by atoms with Crippen LogP contribution in [0.3, 0.4) is 0 Å². The summed E-state index contributed by atoms with van der Waals surface area (Å²) >= 11 is 0. The van der Waals surface area contributed by atoms with Crippen LogP contribution in [0.2, 0.25) is 0 Å². The summed E-state index contributed by atoms with van der Waals surface area (Å²) in [7, 11) is 0. The maximum atomic E-state index is 12.8. The summed E-state index contributed by atoms with van der Waals surface area (Å²) < 4.78 is 12.8. The minimum absolute atomic E-state index is 0.365. The van der Waals surface area contributed by atoms with E-state index in [0.717, 1.165) is 0 Å². The Morgan fingerprint density at radius 2 is 2.21 bits per heavy atom. The Hall–Kier alpha value is -1.42. The molecule has 3 nitrogen and oxygen atoms in total. The van der Waals surface area contributed by atoms with E-state index in [1.807, 2.05) is 0 Å². The molecule has 1 aromatic rings. The number of hydrogen-bond acceptors (Lipinski definition) is 2. The van der Waals surface area contributed by atoms with Crippen LogP contribution in [-0.4, -0.2) is 16.2 Å². The van der Waals surface area contributed by atoms with Crippen molar-refractivity contribution in [3.8, 4) is 0 Å². The molecule has 0 aliphatic heterocycles. The van der Waals surface area contributed by atoms with Gasteiger partial charge in [-0.1, -0.05) is 12.1 Å². The molecule has 0 saturated carbocycles. The van der Waals surface area contributed by atoms with Gasteiger partial charge in [0, 0.05) is 0 Å². The Kier molecular flexibility index (Phi) is 3.19. The van der Waals surface area contributed by atoms with Gasteiger partial charge in [-0.15, -0.1) is 0 Å². The molecule has 0 aliphatic rings. The lowest BCUT2D eigenvalue weighted by Crippen LogP contribution is -2.05. The van der Waals surface area contributed by atoms with Gasteiger partial charge in [-0.3, -0.25) is 4.79 Å². The smallest absolute Gasteiger partial charge is 0.306 e. The number of rotatable bonds is 3. The molecule has 1 rings (SSSR count). The predicted octanol–water partition coefficient (Wildman–Crippen LogP) is 1.64. The molecule has 1 atom stereocenters. The van der Waals surface area contributed by atoms with Gasteiger partial charge in [-0.25, -0.2) is 4.39 Å². The number of aliphatic hydroxyl groups excluding tert-OH is 1.